The number of rotatable bonds is 8. The van der Waals surface area contributed by atoms with Gasteiger partial charge in [0.25, 0.3) is 0 Å². The summed E-state index contributed by atoms with van der Waals surface area (Å²) in [5.74, 6) is 0.798. The number of carbonyl (C=O) groups is 1. The van der Waals surface area contributed by atoms with Crippen molar-refractivity contribution in [2.75, 3.05) is 40.0 Å². The van der Waals surface area contributed by atoms with E-state index in [9.17, 15) is 4.79 Å². The predicted molar refractivity (Wildman–Crippen MR) is 111 cm³/mol. The summed E-state index contributed by atoms with van der Waals surface area (Å²) < 4.78 is 10.8. The second-order valence-electron chi connectivity index (χ2n) is 7.05. The van der Waals surface area contributed by atoms with Crippen LogP contribution in [0.1, 0.15) is 36.4 Å². The monoisotopic (exact) mass is 382 g/mol. The molecule has 150 valence electrons. The lowest BCUT2D eigenvalue weighted by atomic mass is 9.95. The summed E-state index contributed by atoms with van der Waals surface area (Å²) in [5.41, 5.74) is 2.24. The van der Waals surface area contributed by atoms with Gasteiger partial charge in [-0.1, -0.05) is 49.4 Å². The van der Waals surface area contributed by atoms with Gasteiger partial charge >= 0.3 is 0 Å². The number of hydrogen-bond acceptors (Lipinski definition) is 4. The lowest BCUT2D eigenvalue weighted by Gasteiger charge is -2.35. The van der Waals surface area contributed by atoms with Crippen LogP contribution in [0.3, 0.4) is 0 Å². The highest BCUT2D eigenvalue weighted by Crippen LogP contribution is 2.25. The van der Waals surface area contributed by atoms with E-state index in [-0.39, 0.29) is 17.9 Å². The van der Waals surface area contributed by atoms with Gasteiger partial charge in [-0.25, -0.2) is 0 Å². The SMILES string of the molecule is CCC(C(=O)NCC(c1ccc(OC)cc1)N1CCOCC1)c1ccccc1. The van der Waals surface area contributed by atoms with Crippen LogP contribution in [0.4, 0.5) is 0 Å². The third kappa shape index (κ3) is 5.12. The molecule has 1 heterocycles. The van der Waals surface area contributed by atoms with Gasteiger partial charge in [0.1, 0.15) is 5.75 Å². The number of amides is 1. The van der Waals surface area contributed by atoms with E-state index in [2.05, 4.69) is 29.3 Å². The molecule has 3 rings (SSSR count). The van der Waals surface area contributed by atoms with Crippen LogP contribution in [0.5, 0.6) is 5.75 Å². The molecule has 5 heteroatoms. The Kier molecular flexibility index (Phi) is 7.46. The van der Waals surface area contributed by atoms with Crippen LogP contribution in [0.25, 0.3) is 0 Å². The number of methoxy groups -OCH3 is 1. The van der Waals surface area contributed by atoms with E-state index in [1.54, 1.807) is 7.11 Å². The molecule has 1 aliphatic heterocycles. The second kappa shape index (κ2) is 10.2. The van der Waals surface area contributed by atoms with Crippen molar-refractivity contribution in [3.05, 3.63) is 65.7 Å². The van der Waals surface area contributed by atoms with Crippen molar-refractivity contribution in [1.82, 2.24) is 10.2 Å². The molecule has 2 aromatic carbocycles. The van der Waals surface area contributed by atoms with Gasteiger partial charge < -0.3 is 14.8 Å². The highest BCUT2D eigenvalue weighted by molar-refractivity contribution is 5.83. The van der Waals surface area contributed by atoms with E-state index >= 15 is 0 Å². The first-order chi connectivity index (χ1) is 13.7. The van der Waals surface area contributed by atoms with Crippen LogP contribution < -0.4 is 10.1 Å². The molecule has 0 aliphatic carbocycles. The van der Waals surface area contributed by atoms with E-state index in [0.717, 1.165) is 44.0 Å². The first-order valence-electron chi connectivity index (χ1n) is 10.0. The maximum absolute atomic E-state index is 12.9. The number of nitrogens with zero attached hydrogens (tertiary/aromatic N) is 1. The number of ether oxygens (including phenoxy) is 2. The Labute approximate surface area is 167 Å². The highest BCUT2D eigenvalue weighted by atomic mass is 16.5. The molecule has 0 aromatic heterocycles. The van der Waals surface area contributed by atoms with Gasteiger partial charge in [0.15, 0.2) is 0 Å². The number of morpholine rings is 1. The van der Waals surface area contributed by atoms with E-state index in [1.165, 1.54) is 5.56 Å². The van der Waals surface area contributed by atoms with Crippen molar-refractivity contribution < 1.29 is 14.3 Å². The van der Waals surface area contributed by atoms with E-state index < -0.39 is 0 Å². The van der Waals surface area contributed by atoms with Crippen LogP contribution in [-0.4, -0.2) is 50.8 Å². The largest absolute Gasteiger partial charge is 0.497 e. The second-order valence-corrected chi connectivity index (χ2v) is 7.05. The molecule has 1 aliphatic rings. The van der Waals surface area contributed by atoms with Crippen molar-refractivity contribution in [1.29, 1.82) is 0 Å². The summed E-state index contributed by atoms with van der Waals surface area (Å²) in [6, 6.07) is 18.2. The van der Waals surface area contributed by atoms with E-state index in [4.69, 9.17) is 9.47 Å². The molecule has 0 saturated carbocycles. The molecule has 5 nitrogen and oxygen atoms in total. The fourth-order valence-corrected chi connectivity index (χ4v) is 3.75. The molecule has 1 N–H and O–H groups in total. The molecule has 1 fully saturated rings. The summed E-state index contributed by atoms with van der Waals surface area (Å²) in [4.78, 5) is 15.3. The first kappa shape index (κ1) is 20.4. The average molecular weight is 383 g/mol. The van der Waals surface area contributed by atoms with Gasteiger partial charge in [-0.15, -0.1) is 0 Å². The van der Waals surface area contributed by atoms with Crippen molar-refractivity contribution in [2.45, 2.75) is 25.3 Å². The maximum atomic E-state index is 12.9. The Morgan fingerprint density at radius 2 is 1.75 bits per heavy atom. The first-order valence-corrected chi connectivity index (χ1v) is 10.0. The van der Waals surface area contributed by atoms with Crippen LogP contribution in [0.15, 0.2) is 54.6 Å². The summed E-state index contributed by atoms with van der Waals surface area (Å²) in [7, 11) is 1.67. The molecule has 1 saturated heterocycles. The molecular weight excluding hydrogens is 352 g/mol. The van der Waals surface area contributed by atoms with Crippen molar-refractivity contribution in [2.24, 2.45) is 0 Å². The Hall–Kier alpha value is -2.37. The van der Waals surface area contributed by atoms with E-state index in [1.807, 2.05) is 42.5 Å². The third-order valence-corrected chi connectivity index (χ3v) is 5.38. The summed E-state index contributed by atoms with van der Waals surface area (Å²) in [6.45, 7) is 5.81. The zero-order valence-corrected chi connectivity index (χ0v) is 16.8. The molecule has 28 heavy (non-hydrogen) atoms. The fourth-order valence-electron chi connectivity index (χ4n) is 3.75. The third-order valence-electron chi connectivity index (χ3n) is 5.38. The summed E-state index contributed by atoms with van der Waals surface area (Å²) in [6.07, 6.45) is 0.778. The van der Waals surface area contributed by atoms with Crippen LogP contribution in [0, 0.1) is 0 Å². The molecular formula is C23H30N2O3. The lowest BCUT2D eigenvalue weighted by molar-refractivity contribution is -0.123. The normalized spacial score (nSPS) is 16.9. The highest BCUT2D eigenvalue weighted by Gasteiger charge is 2.25. The molecule has 0 radical (unpaired) electrons. The Morgan fingerprint density at radius 3 is 2.36 bits per heavy atom. The molecule has 2 atom stereocenters. The Balaban J connectivity index is 1.72. The van der Waals surface area contributed by atoms with Crippen LogP contribution in [-0.2, 0) is 9.53 Å². The van der Waals surface area contributed by atoms with E-state index in [0.29, 0.717) is 6.54 Å². The number of hydrogen-bond donors (Lipinski definition) is 1. The molecule has 2 unspecified atom stereocenters. The Morgan fingerprint density at radius 1 is 1.07 bits per heavy atom. The van der Waals surface area contributed by atoms with Crippen LogP contribution in [0.2, 0.25) is 0 Å². The lowest BCUT2D eigenvalue weighted by Crippen LogP contribution is -2.44. The molecule has 0 spiro atoms. The number of nitrogens with one attached hydrogen (secondary N) is 1. The molecule has 1 amide bonds. The van der Waals surface area contributed by atoms with Crippen molar-refractivity contribution >= 4 is 5.91 Å². The van der Waals surface area contributed by atoms with Gasteiger partial charge in [-0.05, 0) is 29.7 Å². The Bertz CT molecular complexity index is 727. The minimum Gasteiger partial charge on any atom is -0.497 e. The average Bonchev–Trinajstić information content (AvgIpc) is 2.76. The smallest absolute Gasteiger partial charge is 0.227 e. The maximum Gasteiger partial charge on any atom is 0.227 e. The van der Waals surface area contributed by atoms with Gasteiger partial charge in [-0.2, -0.15) is 0 Å². The zero-order valence-electron chi connectivity index (χ0n) is 16.8. The molecule has 0 bridgehead atoms. The standard InChI is InChI=1S/C23H30N2O3/c1-3-21(18-7-5-4-6-8-18)23(26)24-17-22(25-13-15-28-16-14-25)19-9-11-20(27-2)12-10-19/h4-12,21-22H,3,13-17H2,1-2H3,(H,24,26). The fraction of sp³-hybridized carbons (Fsp3) is 0.435. The van der Waals surface area contributed by atoms with Crippen molar-refractivity contribution in [3.8, 4) is 5.75 Å². The molecule has 2 aromatic rings. The minimum absolute atomic E-state index is 0.0838. The van der Waals surface area contributed by atoms with Gasteiger partial charge in [-0.3, -0.25) is 9.69 Å². The number of carbonyl (C=O) groups excluding carboxylic acids is 1. The van der Waals surface area contributed by atoms with Gasteiger partial charge in [0.05, 0.1) is 32.3 Å². The van der Waals surface area contributed by atoms with Gasteiger partial charge in [0.2, 0.25) is 5.91 Å². The van der Waals surface area contributed by atoms with Crippen LogP contribution >= 0.6 is 0 Å². The number of benzene rings is 2. The zero-order chi connectivity index (χ0) is 19.8. The topological polar surface area (TPSA) is 50.8 Å². The summed E-state index contributed by atoms with van der Waals surface area (Å²) >= 11 is 0. The van der Waals surface area contributed by atoms with Gasteiger partial charge in [0, 0.05) is 19.6 Å². The minimum atomic E-state index is -0.123. The summed E-state index contributed by atoms with van der Waals surface area (Å²) in [5, 5.41) is 3.20. The quantitative estimate of drug-likeness (QED) is 0.760. The predicted octanol–water partition coefficient (Wildman–Crippen LogP) is 3.38. The van der Waals surface area contributed by atoms with Crippen molar-refractivity contribution in [3.63, 3.8) is 0 Å².